The third-order valence-corrected chi connectivity index (χ3v) is 9.30. The van der Waals surface area contributed by atoms with Crippen LogP contribution in [0.15, 0.2) is 152 Å². The maximum Gasteiger partial charge on any atom is 0.0802 e. The SMILES string of the molecule is c1ccc(-c2ccc(-n3c4ccccc4c4cc5c6c(c7ccccc7n6-c6ccccc6-c6cccnc6-5)c43)cc2)cc1. The molecular weight excluding hydrogens is 534 g/mol. The molecule has 0 aliphatic carbocycles. The van der Waals surface area contributed by atoms with Gasteiger partial charge in [0.2, 0.25) is 0 Å². The first kappa shape index (κ1) is 23.6. The van der Waals surface area contributed by atoms with Crippen molar-refractivity contribution in [2.45, 2.75) is 0 Å². The molecule has 1 aliphatic heterocycles. The summed E-state index contributed by atoms with van der Waals surface area (Å²) in [5.41, 5.74) is 14.1. The van der Waals surface area contributed by atoms with E-state index in [1.54, 1.807) is 0 Å². The molecule has 9 aromatic rings. The van der Waals surface area contributed by atoms with Gasteiger partial charge in [0.05, 0.1) is 33.4 Å². The van der Waals surface area contributed by atoms with Gasteiger partial charge in [0.15, 0.2) is 0 Å². The lowest BCUT2D eigenvalue weighted by molar-refractivity contribution is 1.18. The summed E-state index contributed by atoms with van der Waals surface area (Å²) in [4.78, 5) is 5.04. The van der Waals surface area contributed by atoms with Gasteiger partial charge in [-0.05, 0) is 53.6 Å². The number of hydrogen-bond donors (Lipinski definition) is 0. The van der Waals surface area contributed by atoms with Crippen LogP contribution in [-0.2, 0) is 0 Å². The van der Waals surface area contributed by atoms with Gasteiger partial charge in [-0.25, -0.2) is 0 Å². The molecule has 0 bridgehead atoms. The van der Waals surface area contributed by atoms with Crippen LogP contribution in [0.2, 0.25) is 0 Å². The lowest BCUT2D eigenvalue weighted by Crippen LogP contribution is -1.96. The second kappa shape index (κ2) is 8.79. The van der Waals surface area contributed by atoms with E-state index in [2.05, 4.69) is 155 Å². The molecule has 0 saturated heterocycles. The Labute approximate surface area is 253 Å². The van der Waals surface area contributed by atoms with Gasteiger partial charge in [-0.15, -0.1) is 0 Å². The summed E-state index contributed by atoms with van der Waals surface area (Å²) in [5, 5.41) is 4.97. The van der Waals surface area contributed by atoms with E-state index in [0.29, 0.717) is 0 Å². The minimum Gasteiger partial charge on any atom is -0.309 e. The van der Waals surface area contributed by atoms with Crippen molar-refractivity contribution in [2.24, 2.45) is 0 Å². The molecule has 0 unspecified atom stereocenters. The first-order chi connectivity index (χ1) is 21.9. The molecule has 10 rings (SSSR count). The molecule has 0 amide bonds. The standard InChI is InChI=1S/C41H25N3/c1-2-11-26(12-3-1)27-20-22-28(23-21-27)43-35-17-7-5-14-30(35)33-25-34-39-31(16-10-24-42-39)29-13-4-8-18-36(29)44-37-19-9-6-15-32(37)38(40(33)43)41(34)44/h1-25H. The number of hydrogen-bond acceptors (Lipinski definition) is 1. The van der Waals surface area contributed by atoms with Crippen LogP contribution in [0.25, 0.3) is 88.5 Å². The second-order valence-electron chi connectivity index (χ2n) is 11.6. The number of rotatable bonds is 2. The smallest absolute Gasteiger partial charge is 0.0802 e. The maximum absolute atomic E-state index is 5.04. The highest BCUT2D eigenvalue weighted by molar-refractivity contribution is 6.30. The average molecular weight is 560 g/mol. The van der Waals surface area contributed by atoms with E-state index >= 15 is 0 Å². The summed E-state index contributed by atoms with van der Waals surface area (Å²) < 4.78 is 4.93. The van der Waals surface area contributed by atoms with E-state index in [4.69, 9.17) is 4.98 Å². The fourth-order valence-corrected chi connectivity index (χ4v) is 7.47. The topological polar surface area (TPSA) is 22.8 Å². The number of nitrogens with zero attached hydrogens (tertiary/aromatic N) is 3. The highest BCUT2D eigenvalue weighted by atomic mass is 15.0. The summed E-state index contributed by atoms with van der Waals surface area (Å²) in [5.74, 6) is 0. The molecule has 204 valence electrons. The van der Waals surface area contributed by atoms with E-state index in [9.17, 15) is 0 Å². The molecule has 3 heteroatoms. The molecule has 0 saturated carbocycles. The van der Waals surface area contributed by atoms with Crippen molar-refractivity contribution in [1.29, 1.82) is 0 Å². The molecule has 44 heavy (non-hydrogen) atoms. The summed E-state index contributed by atoms with van der Waals surface area (Å²) in [6, 6.07) is 52.6. The van der Waals surface area contributed by atoms with Crippen LogP contribution in [0.1, 0.15) is 0 Å². The van der Waals surface area contributed by atoms with E-state index in [-0.39, 0.29) is 0 Å². The van der Waals surface area contributed by atoms with Crippen molar-refractivity contribution in [3.8, 4) is 44.9 Å². The average Bonchev–Trinajstić information content (AvgIpc) is 3.57. The Hall–Kier alpha value is -5.93. The lowest BCUT2D eigenvalue weighted by atomic mass is 9.96. The number of benzene rings is 6. The highest BCUT2D eigenvalue weighted by Gasteiger charge is 2.28. The zero-order valence-electron chi connectivity index (χ0n) is 23.8. The minimum atomic E-state index is 1.03. The number of para-hydroxylation sites is 3. The zero-order valence-corrected chi connectivity index (χ0v) is 23.8. The van der Waals surface area contributed by atoms with Crippen LogP contribution in [0, 0.1) is 0 Å². The molecule has 3 aromatic heterocycles. The van der Waals surface area contributed by atoms with Crippen molar-refractivity contribution in [3.05, 3.63) is 152 Å². The molecule has 4 heterocycles. The van der Waals surface area contributed by atoms with Crippen molar-refractivity contribution in [2.75, 3.05) is 0 Å². The lowest BCUT2D eigenvalue weighted by Gasteiger charge is -2.12. The van der Waals surface area contributed by atoms with Crippen LogP contribution in [0.3, 0.4) is 0 Å². The number of fused-ring (bicyclic) bond motifs is 12. The number of aromatic nitrogens is 3. The Balaban J connectivity index is 1.41. The first-order valence-corrected chi connectivity index (χ1v) is 15.1. The van der Waals surface area contributed by atoms with E-state index < -0.39 is 0 Å². The van der Waals surface area contributed by atoms with E-state index in [1.165, 1.54) is 66.0 Å². The highest BCUT2D eigenvalue weighted by Crippen LogP contribution is 2.50. The number of pyridine rings is 1. The third-order valence-electron chi connectivity index (χ3n) is 9.30. The van der Waals surface area contributed by atoms with Crippen LogP contribution >= 0.6 is 0 Å². The van der Waals surface area contributed by atoms with E-state index in [1.807, 2.05) is 6.20 Å². The van der Waals surface area contributed by atoms with Gasteiger partial charge in [0.25, 0.3) is 0 Å². The molecular formula is C41H25N3. The molecule has 0 atom stereocenters. The maximum atomic E-state index is 5.04. The Morgan fingerprint density at radius 1 is 0.432 bits per heavy atom. The largest absolute Gasteiger partial charge is 0.309 e. The predicted molar refractivity (Wildman–Crippen MR) is 183 cm³/mol. The Bertz CT molecular complexity index is 2590. The summed E-state index contributed by atoms with van der Waals surface area (Å²) >= 11 is 0. The summed E-state index contributed by atoms with van der Waals surface area (Å²) in [7, 11) is 0. The predicted octanol–water partition coefficient (Wildman–Crippen LogP) is 10.6. The first-order valence-electron chi connectivity index (χ1n) is 15.1. The Morgan fingerprint density at radius 2 is 1.09 bits per heavy atom. The van der Waals surface area contributed by atoms with Crippen molar-refractivity contribution < 1.29 is 0 Å². The molecule has 3 nitrogen and oxygen atoms in total. The molecule has 0 N–H and O–H groups in total. The molecule has 0 radical (unpaired) electrons. The van der Waals surface area contributed by atoms with Crippen molar-refractivity contribution in [3.63, 3.8) is 0 Å². The molecule has 6 aromatic carbocycles. The van der Waals surface area contributed by atoms with Crippen LogP contribution < -0.4 is 0 Å². The monoisotopic (exact) mass is 559 g/mol. The van der Waals surface area contributed by atoms with Gasteiger partial charge in [-0.1, -0.05) is 103 Å². The van der Waals surface area contributed by atoms with Gasteiger partial charge >= 0.3 is 0 Å². The van der Waals surface area contributed by atoms with Gasteiger partial charge in [-0.3, -0.25) is 4.98 Å². The normalized spacial score (nSPS) is 12.1. The fourth-order valence-electron chi connectivity index (χ4n) is 7.47. The van der Waals surface area contributed by atoms with Crippen LogP contribution in [0.5, 0.6) is 0 Å². The second-order valence-corrected chi connectivity index (χ2v) is 11.6. The molecule has 1 aliphatic rings. The summed E-state index contributed by atoms with van der Waals surface area (Å²) in [6.07, 6.45) is 1.92. The van der Waals surface area contributed by atoms with Crippen molar-refractivity contribution in [1.82, 2.24) is 14.1 Å². The molecule has 0 spiro atoms. The van der Waals surface area contributed by atoms with Gasteiger partial charge in [0.1, 0.15) is 0 Å². The van der Waals surface area contributed by atoms with Crippen molar-refractivity contribution >= 4 is 43.6 Å². The van der Waals surface area contributed by atoms with Gasteiger partial charge in [-0.2, -0.15) is 0 Å². The fraction of sp³-hybridized carbons (Fsp3) is 0. The van der Waals surface area contributed by atoms with Gasteiger partial charge in [0, 0.05) is 50.1 Å². The summed E-state index contributed by atoms with van der Waals surface area (Å²) in [6.45, 7) is 0. The third kappa shape index (κ3) is 3.08. The Morgan fingerprint density at radius 3 is 1.93 bits per heavy atom. The zero-order chi connectivity index (χ0) is 28.8. The van der Waals surface area contributed by atoms with Crippen LogP contribution in [-0.4, -0.2) is 14.1 Å². The van der Waals surface area contributed by atoms with Crippen LogP contribution in [0.4, 0.5) is 0 Å². The molecule has 0 fully saturated rings. The van der Waals surface area contributed by atoms with E-state index in [0.717, 1.165) is 22.5 Å². The van der Waals surface area contributed by atoms with Gasteiger partial charge < -0.3 is 9.13 Å². The minimum absolute atomic E-state index is 1.03. The quantitative estimate of drug-likeness (QED) is 0.207. The Kier molecular flexibility index (Phi) is 4.72.